The molecule has 0 spiro atoms. The van der Waals surface area contributed by atoms with Crippen molar-refractivity contribution in [1.82, 2.24) is 0 Å². The first-order chi connectivity index (χ1) is 9.31. The number of nitrogen functional groups attached to an aromatic ring is 1. The molecule has 2 aromatic rings. The number of benzene rings is 2. The van der Waals surface area contributed by atoms with Crippen LogP contribution in [0.2, 0.25) is 0 Å². The van der Waals surface area contributed by atoms with Gasteiger partial charge in [-0.2, -0.15) is 0 Å². The Morgan fingerprint density at radius 2 is 1.85 bits per heavy atom. The molecule has 106 valence electrons. The van der Waals surface area contributed by atoms with E-state index < -0.39 is 10.0 Å². The fourth-order valence-corrected chi connectivity index (χ4v) is 3.55. The van der Waals surface area contributed by atoms with Gasteiger partial charge in [-0.15, -0.1) is 0 Å². The van der Waals surface area contributed by atoms with Crippen molar-refractivity contribution in [2.75, 3.05) is 10.5 Å². The summed E-state index contributed by atoms with van der Waals surface area (Å²) in [6, 6.07) is 10.1. The summed E-state index contributed by atoms with van der Waals surface area (Å²) >= 11 is 3.26. The second-order valence-corrected chi connectivity index (χ2v) is 7.13. The molecule has 20 heavy (non-hydrogen) atoms. The highest BCUT2D eigenvalue weighted by Crippen LogP contribution is 2.28. The van der Waals surface area contributed by atoms with Crippen LogP contribution >= 0.6 is 15.9 Å². The van der Waals surface area contributed by atoms with Crippen molar-refractivity contribution in [2.45, 2.75) is 18.7 Å². The van der Waals surface area contributed by atoms with Gasteiger partial charge in [0, 0.05) is 4.47 Å². The first-order valence-corrected chi connectivity index (χ1v) is 8.23. The molecular formula is C14H15BrN2O2S. The Hall–Kier alpha value is -1.53. The van der Waals surface area contributed by atoms with E-state index >= 15 is 0 Å². The average Bonchev–Trinajstić information content (AvgIpc) is 2.39. The van der Waals surface area contributed by atoms with Gasteiger partial charge in [0.1, 0.15) is 0 Å². The Morgan fingerprint density at radius 1 is 1.15 bits per heavy atom. The zero-order chi connectivity index (χ0) is 14.9. The zero-order valence-corrected chi connectivity index (χ0v) is 13.5. The summed E-state index contributed by atoms with van der Waals surface area (Å²) in [7, 11) is -3.66. The van der Waals surface area contributed by atoms with E-state index in [1.165, 1.54) is 6.07 Å². The highest BCUT2D eigenvalue weighted by atomic mass is 79.9. The Bertz CT molecular complexity index is 758. The topological polar surface area (TPSA) is 72.2 Å². The van der Waals surface area contributed by atoms with E-state index in [1.807, 2.05) is 19.9 Å². The van der Waals surface area contributed by atoms with Crippen LogP contribution in [0.5, 0.6) is 0 Å². The third kappa shape index (κ3) is 2.96. The average molecular weight is 355 g/mol. The molecule has 0 amide bonds. The van der Waals surface area contributed by atoms with Crippen molar-refractivity contribution < 1.29 is 8.42 Å². The van der Waals surface area contributed by atoms with E-state index in [4.69, 9.17) is 5.73 Å². The van der Waals surface area contributed by atoms with E-state index in [-0.39, 0.29) is 4.90 Å². The number of aryl methyl sites for hydroxylation is 1. The summed E-state index contributed by atoms with van der Waals surface area (Å²) in [5.74, 6) is 0. The third-order valence-corrected chi connectivity index (χ3v) is 4.95. The summed E-state index contributed by atoms with van der Waals surface area (Å²) in [4.78, 5) is 0.187. The van der Waals surface area contributed by atoms with Crippen LogP contribution in [-0.2, 0) is 10.0 Å². The predicted molar refractivity (Wildman–Crippen MR) is 85.3 cm³/mol. The van der Waals surface area contributed by atoms with Gasteiger partial charge in [-0.05, 0) is 49.2 Å². The molecule has 0 aliphatic rings. The molecule has 0 aliphatic carbocycles. The lowest BCUT2D eigenvalue weighted by Crippen LogP contribution is -2.15. The maximum absolute atomic E-state index is 12.4. The first kappa shape index (κ1) is 14.9. The molecule has 0 radical (unpaired) electrons. The Kier molecular flexibility index (Phi) is 4.06. The minimum atomic E-state index is -3.66. The number of halogens is 1. The maximum atomic E-state index is 12.4. The van der Waals surface area contributed by atoms with E-state index in [0.717, 1.165) is 11.1 Å². The van der Waals surface area contributed by atoms with Gasteiger partial charge in [0.25, 0.3) is 10.0 Å². The van der Waals surface area contributed by atoms with Crippen molar-refractivity contribution >= 4 is 37.3 Å². The number of nitrogens with one attached hydrogen (secondary N) is 1. The summed E-state index contributed by atoms with van der Waals surface area (Å²) < 4.78 is 28.0. The molecule has 0 unspecified atom stereocenters. The lowest BCUT2D eigenvalue weighted by Gasteiger charge is -2.14. The van der Waals surface area contributed by atoms with Crippen LogP contribution in [0.3, 0.4) is 0 Å². The minimum Gasteiger partial charge on any atom is -0.397 e. The SMILES string of the molecule is Cc1ccc(N)c(NS(=O)(=O)c2cccc(Br)c2)c1C. The number of sulfonamides is 1. The lowest BCUT2D eigenvalue weighted by molar-refractivity contribution is 0.601. The van der Waals surface area contributed by atoms with E-state index in [1.54, 1.807) is 24.3 Å². The molecule has 0 heterocycles. The highest BCUT2D eigenvalue weighted by molar-refractivity contribution is 9.10. The Balaban J connectivity index is 2.47. The number of hydrogen-bond donors (Lipinski definition) is 2. The standard InChI is InChI=1S/C14H15BrN2O2S/c1-9-6-7-13(16)14(10(9)2)17-20(18,19)12-5-3-4-11(15)8-12/h3-8,17H,16H2,1-2H3. The minimum absolute atomic E-state index is 0.187. The van der Waals surface area contributed by atoms with Crippen molar-refractivity contribution in [3.63, 3.8) is 0 Å². The smallest absolute Gasteiger partial charge is 0.262 e. The third-order valence-electron chi connectivity index (χ3n) is 3.11. The van der Waals surface area contributed by atoms with Gasteiger partial charge in [-0.1, -0.05) is 28.1 Å². The number of hydrogen-bond acceptors (Lipinski definition) is 3. The molecule has 0 aliphatic heterocycles. The molecule has 3 N–H and O–H groups in total. The van der Waals surface area contributed by atoms with Gasteiger partial charge in [0.15, 0.2) is 0 Å². The Morgan fingerprint density at radius 3 is 2.50 bits per heavy atom. The van der Waals surface area contributed by atoms with Gasteiger partial charge < -0.3 is 5.73 Å². The predicted octanol–water partition coefficient (Wildman–Crippen LogP) is 3.45. The quantitative estimate of drug-likeness (QED) is 0.829. The van der Waals surface area contributed by atoms with Gasteiger partial charge >= 0.3 is 0 Å². The lowest BCUT2D eigenvalue weighted by atomic mass is 10.1. The number of anilines is 2. The summed E-state index contributed by atoms with van der Waals surface area (Å²) in [6.45, 7) is 3.75. The van der Waals surface area contributed by atoms with Crippen molar-refractivity contribution in [3.8, 4) is 0 Å². The fraction of sp³-hybridized carbons (Fsp3) is 0.143. The van der Waals surface area contributed by atoms with Gasteiger partial charge in [-0.25, -0.2) is 8.42 Å². The maximum Gasteiger partial charge on any atom is 0.262 e. The van der Waals surface area contributed by atoms with Crippen molar-refractivity contribution in [3.05, 3.63) is 52.0 Å². The Labute approximate surface area is 127 Å². The van der Waals surface area contributed by atoms with E-state index in [2.05, 4.69) is 20.7 Å². The second-order valence-electron chi connectivity index (χ2n) is 4.53. The van der Waals surface area contributed by atoms with Crippen molar-refractivity contribution in [2.24, 2.45) is 0 Å². The molecule has 6 heteroatoms. The van der Waals surface area contributed by atoms with E-state index in [0.29, 0.717) is 15.8 Å². The molecule has 4 nitrogen and oxygen atoms in total. The number of nitrogens with two attached hydrogens (primary N) is 1. The molecule has 0 bridgehead atoms. The second kappa shape index (κ2) is 5.46. The first-order valence-electron chi connectivity index (χ1n) is 5.95. The molecule has 2 aromatic carbocycles. The molecule has 0 saturated carbocycles. The molecule has 0 fully saturated rings. The van der Waals surface area contributed by atoms with Crippen LogP contribution in [0.25, 0.3) is 0 Å². The normalized spacial score (nSPS) is 11.3. The highest BCUT2D eigenvalue weighted by Gasteiger charge is 2.17. The summed E-state index contributed by atoms with van der Waals surface area (Å²) in [5, 5.41) is 0. The molecule has 0 atom stereocenters. The van der Waals surface area contributed by atoms with E-state index in [9.17, 15) is 8.42 Å². The van der Waals surface area contributed by atoms with Crippen LogP contribution in [0, 0.1) is 13.8 Å². The number of rotatable bonds is 3. The van der Waals surface area contributed by atoms with Gasteiger partial charge in [0.05, 0.1) is 16.3 Å². The molecule has 0 aromatic heterocycles. The van der Waals surface area contributed by atoms with Crippen LogP contribution in [0.15, 0.2) is 45.8 Å². The fourth-order valence-electron chi connectivity index (χ4n) is 1.80. The monoisotopic (exact) mass is 354 g/mol. The zero-order valence-electron chi connectivity index (χ0n) is 11.1. The largest absolute Gasteiger partial charge is 0.397 e. The van der Waals surface area contributed by atoms with Crippen molar-refractivity contribution in [1.29, 1.82) is 0 Å². The van der Waals surface area contributed by atoms with Crippen LogP contribution in [0.1, 0.15) is 11.1 Å². The van der Waals surface area contributed by atoms with Crippen LogP contribution in [0.4, 0.5) is 11.4 Å². The molecule has 0 saturated heterocycles. The van der Waals surface area contributed by atoms with Crippen LogP contribution < -0.4 is 10.5 Å². The van der Waals surface area contributed by atoms with Gasteiger partial charge in [-0.3, -0.25) is 4.72 Å². The van der Waals surface area contributed by atoms with Crippen LogP contribution in [-0.4, -0.2) is 8.42 Å². The molecular weight excluding hydrogens is 340 g/mol. The molecule has 2 rings (SSSR count). The van der Waals surface area contributed by atoms with Gasteiger partial charge in [0.2, 0.25) is 0 Å². The summed E-state index contributed by atoms with van der Waals surface area (Å²) in [6.07, 6.45) is 0. The summed E-state index contributed by atoms with van der Waals surface area (Å²) in [5.41, 5.74) is 8.51.